The maximum Gasteiger partial charge on any atom is 0.0558 e. The van der Waals surface area contributed by atoms with Crippen LogP contribution in [0, 0.1) is 0 Å². The van der Waals surface area contributed by atoms with Gasteiger partial charge < -0.3 is 10.0 Å². The highest BCUT2D eigenvalue weighted by molar-refractivity contribution is 5.85. The summed E-state index contributed by atoms with van der Waals surface area (Å²) in [6.45, 7) is 4.50. The van der Waals surface area contributed by atoms with E-state index in [1.165, 1.54) is 89.9 Å². The van der Waals surface area contributed by atoms with E-state index in [1.54, 1.807) is 0 Å². The summed E-state index contributed by atoms with van der Waals surface area (Å²) in [5, 5.41) is 8.82. The highest BCUT2D eigenvalue weighted by Crippen LogP contribution is 2.10. The number of halogens is 1. The molecule has 146 valence electrons. The second-order valence-electron chi connectivity index (χ2n) is 6.96. The van der Waals surface area contributed by atoms with E-state index in [0.29, 0.717) is 0 Å². The standard InChI is InChI=1S/C21H43NO.ClH/c1-3-4-5-6-7-8-9-10-11-12-13-14-15-16-17-18-19-22(2)20-21-23;/h10-11,23H,3-9,12-21H2,1-2H3;1H. The van der Waals surface area contributed by atoms with Crippen LogP contribution in [0.15, 0.2) is 12.2 Å². The molecule has 0 rings (SSSR count). The van der Waals surface area contributed by atoms with E-state index >= 15 is 0 Å². The molecule has 0 radical (unpaired) electrons. The van der Waals surface area contributed by atoms with Crippen LogP contribution in [0.25, 0.3) is 0 Å². The zero-order valence-corrected chi connectivity index (χ0v) is 17.3. The number of nitrogens with zero attached hydrogens (tertiary/aromatic N) is 1. The van der Waals surface area contributed by atoms with Crippen molar-refractivity contribution in [1.82, 2.24) is 4.90 Å². The van der Waals surface area contributed by atoms with Gasteiger partial charge in [0.25, 0.3) is 0 Å². The van der Waals surface area contributed by atoms with Crippen molar-refractivity contribution in [1.29, 1.82) is 0 Å². The average molecular weight is 362 g/mol. The molecule has 0 aromatic carbocycles. The van der Waals surface area contributed by atoms with E-state index < -0.39 is 0 Å². The van der Waals surface area contributed by atoms with Gasteiger partial charge in [0.05, 0.1) is 6.61 Å². The summed E-state index contributed by atoms with van der Waals surface area (Å²) in [4.78, 5) is 2.22. The molecule has 0 bridgehead atoms. The summed E-state index contributed by atoms with van der Waals surface area (Å²) in [6, 6.07) is 0. The highest BCUT2D eigenvalue weighted by Gasteiger charge is 1.96. The Balaban J connectivity index is 0. The van der Waals surface area contributed by atoms with Gasteiger partial charge in [-0.05, 0) is 45.7 Å². The predicted octanol–water partition coefficient (Wildman–Crippen LogP) is 6.37. The maximum atomic E-state index is 8.82. The van der Waals surface area contributed by atoms with E-state index in [-0.39, 0.29) is 19.0 Å². The predicted molar refractivity (Wildman–Crippen MR) is 111 cm³/mol. The third kappa shape index (κ3) is 21.9. The number of likely N-dealkylation sites (N-methyl/N-ethyl adjacent to an activating group) is 1. The van der Waals surface area contributed by atoms with E-state index in [0.717, 1.165) is 13.1 Å². The lowest BCUT2D eigenvalue weighted by atomic mass is 10.1. The Kier molecular flexibility index (Phi) is 25.0. The normalized spacial score (nSPS) is 11.3. The number of unbranched alkanes of at least 4 members (excludes halogenated alkanes) is 12. The fourth-order valence-electron chi connectivity index (χ4n) is 2.91. The summed E-state index contributed by atoms with van der Waals surface area (Å²) in [5.41, 5.74) is 0. The first-order chi connectivity index (χ1) is 11.3. The molecule has 0 fully saturated rings. The van der Waals surface area contributed by atoms with E-state index in [2.05, 4.69) is 31.0 Å². The molecule has 0 amide bonds. The summed E-state index contributed by atoms with van der Waals surface area (Å²) in [7, 11) is 2.09. The van der Waals surface area contributed by atoms with Crippen LogP contribution >= 0.6 is 12.4 Å². The number of hydrogen-bond donors (Lipinski definition) is 1. The number of allylic oxidation sites excluding steroid dienone is 2. The Morgan fingerprint density at radius 2 is 1.12 bits per heavy atom. The maximum absolute atomic E-state index is 8.82. The Bertz CT molecular complexity index is 246. The van der Waals surface area contributed by atoms with Crippen molar-refractivity contribution in [2.45, 2.75) is 96.8 Å². The van der Waals surface area contributed by atoms with Gasteiger partial charge in [-0.15, -0.1) is 12.4 Å². The number of rotatable bonds is 18. The Morgan fingerprint density at radius 3 is 1.62 bits per heavy atom. The largest absolute Gasteiger partial charge is 0.395 e. The minimum atomic E-state index is 0. The number of aliphatic hydroxyl groups excluding tert-OH is 1. The summed E-state index contributed by atoms with van der Waals surface area (Å²) < 4.78 is 0. The molecule has 0 saturated heterocycles. The van der Waals surface area contributed by atoms with E-state index in [9.17, 15) is 0 Å². The van der Waals surface area contributed by atoms with Gasteiger partial charge in [0.15, 0.2) is 0 Å². The van der Waals surface area contributed by atoms with Crippen LogP contribution in [-0.2, 0) is 0 Å². The molecule has 0 saturated carbocycles. The Hall–Kier alpha value is -0.0500. The lowest BCUT2D eigenvalue weighted by Gasteiger charge is -2.14. The van der Waals surface area contributed by atoms with Crippen molar-refractivity contribution in [3.05, 3.63) is 12.2 Å². The molecule has 0 atom stereocenters. The molecule has 0 unspecified atom stereocenters. The molecule has 0 aromatic heterocycles. The zero-order chi connectivity index (χ0) is 17.0. The van der Waals surface area contributed by atoms with E-state index in [4.69, 9.17) is 5.11 Å². The number of hydrogen-bond acceptors (Lipinski definition) is 2. The van der Waals surface area contributed by atoms with Crippen LogP contribution in [0.4, 0.5) is 0 Å². The van der Waals surface area contributed by atoms with Gasteiger partial charge in [-0.1, -0.05) is 76.9 Å². The van der Waals surface area contributed by atoms with Crippen LogP contribution in [0.1, 0.15) is 96.8 Å². The smallest absolute Gasteiger partial charge is 0.0558 e. The molecule has 24 heavy (non-hydrogen) atoms. The summed E-state index contributed by atoms with van der Waals surface area (Å²) in [6.07, 6.45) is 23.9. The molecule has 1 N–H and O–H groups in total. The quantitative estimate of drug-likeness (QED) is 0.226. The molecule has 0 heterocycles. The first kappa shape index (κ1) is 26.2. The highest BCUT2D eigenvalue weighted by atomic mass is 35.5. The minimum Gasteiger partial charge on any atom is -0.395 e. The van der Waals surface area contributed by atoms with Gasteiger partial charge in [-0.2, -0.15) is 0 Å². The molecule has 2 nitrogen and oxygen atoms in total. The molecular weight excluding hydrogens is 318 g/mol. The van der Waals surface area contributed by atoms with Crippen molar-refractivity contribution < 1.29 is 5.11 Å². The first-order valence-electron chi connectivity index (χ1n) is 10.3. The van der Waals surface area contributed by atoms with Crippen LogP contribution in [-0.4, -0.2) is 36.8 Å². The van der Waals surface area contributed by atoms with Gasteiger partial charge >= 0.3 is 0 Å². The first-order valence-corrected chi connectivity index (χ1v) is 10.3. The van der Waals surface area contributed by atoms with Gasteiger partial charge in [0, 0.05) is 6.54 Å². The van der Waals surface area contributed by atoms with Crippen LogP contribution in [0.5, 0.6) is 0 Å². The van der Waals surface area contributed by atoms with Crippen LogP contribution in [0.3, 0.4) is 0 Å². The molecule has 0 aliphatic heterocycles. The second-order valence-corrected chi connectivity index (χ2v) is 6.96. The topological polar surface area (TPSA) is 23.5 Å². The second kappa shape index (κ2) is 22.9. The summed E-state index contributed by atoms with van der Waals surface area (Å²) >= 11 is 0. The molecule has 0 aliphatic carbocycles. The van der Waals surface area contributed by atoms with Gasteiger partial charge in [-0.3, -0.25) is 0 Å². The fraction of sp³-hybridized carbons (Fsp3) is 0.905. The Morgan fingerprint density at radius 1 is 0.667 bits per heavy atom. The van der Waals surface area contributed by atoms with E-state index in [1.807, 2.05) is 0 Å². The van der Waals surface area contributed by atoms with Gasteiger partial charge in [0.1, 0.15) is 0 Å². The van der Waals surface area contributed by atoms with Crippen molar-refractivity contribution in [3.8, 4) is 0 Å². The van der Waals surface area contributed by atoms with Crippen molar-refractivity contribution in [2.75, 3.05) is 26.7 Å². The fourth-order valence-corrected chi connectivity index (χ4v) is 2.91. The third-order valence-electron chi connectivity index (χ3n) is 4.53. The van der Waals surface area contributed by atoms with Crippen molar-refractivity contribution in [2.24, 2.45) is 0 Å². The lowest BCUT2D eigenvalue weighted by Crippen LogP contribution is -2.23. The molecule has 0 spiro atoms. The van der Waals surface area contributed by atoms with Crippen molar-refractivity contribution >= 4 is 12.4 Å². The summed E-state index contributed by atoms with van der Waals surface area (Å²) in [5.74, 6) is 0. The minimum absolute atomic E-state index is 0. The van der Waals surface area contributed by atoms with Crippen LogP contribution in [0.2, 0.25) is 0 Å². The number of aliphatic hydroxyl groups is 1. The zero-order valence-electron chi connectivity index (χ0n) is 16.5. The SMILES string of the molecule is CCCCCCCCC=CCCCCCCCCN(C)CCO.Cl. The lowest BCUT2D eigenvalue weighted by molar-refractivity contribution is 0.219. The van der Waals surface area contributed by atoms with Gasteiger partial charge in [0.2, 0.25) is 0 Å². The average Bonchev–Trinajstić information content (AvgIpc) is 2.54. The molecular formula is C21H44ClNO. The van der Waals surface area contributed by atoms with Crippen LogP contribution < -0.4 is 0 Å². The van der Waals surface area contributed by atoms with Gasteiger partial charge in [-0.25, -0.2) is 0 Å². The Labute approximate surface area is 158 Å². The molecule has 3 heteroatoms. The van der Waals surface area contributed by atoms with Crippen molar-refractivity contribution in [3.63, 3.8) is 0 Å². The third-order valence-corrected chi connectivity index (χ3v) is 4.53. The molecule has 0 aromatic rings. The monoisotopic (exact) mass is 361 g/mol. The molecule has 0 aliphatic rings.